The van der Waals surface area contributed by atoms with Crippen molar-refractivity contribution in [2.75, 3.05) is 26.7 Å². The van der Waals surface area contributed by atoms with Crippen molar-refractivity contribution in [2.24, 2.45) is 0 Å². The van der Waals surface area contributed by atoms with Gasteiger partial charge in [-0.25, -0.2) is 14.3 Å². The van der Waals surface area contributed by atoms with E-state index >= 15 is 0 Å². The third-order valence-electron chi connectivity index (χ3n) is 3.06. The van der Waals surface area contributed by atoms with Crippen LogP contribution in [0.1, 0.15) is 32.5 Å². The number of carbonyl (C=O) groups excluding carboxylic acids is 1. The molecule has 1 fully saturated rings. The topological polar surface area (TPSA) is 59.4 Å². The van der Waals surface area contributed by atoms with E-state index in [1.165, 1.54) is 10.9 Å². The van der Waals surface area contributed by atoms with Crippen molar-refractivity contribution in [3.8, 4) is 0 Å². The molecule has 0 spiro atoms. The van der Waals surface area contributed by atoms with Gasteiger partial charge in [0.1, 0.15) is 11.9 Å². The first-order valence-corrected chi connectivity index (χ1v) is 6.55. The van der Waals surface area contributed by atoms with Gasteiger partial charge in [0.25, 0.3) is 0 Å². The average molecular weight is 266 g/mol. The summed E-state index contributed by atoms with van der Waals surface area (Å²) in [6.45, 7) is 8.36. The summed E-state index contributed by atoms with van der Waals surface area (Å²) in [5.41, 5.74) is 0.394. The van der Waals surface area contributed by atoms with Crippen LogP contribution < -0.4 is 5.32 Å². The van der Waals surface area contributed by atoms with E-state index in [0.29, 0.717) is 0 Å². The van der Waals surface area contributed by atoms with E-state index in [4.69, 9.17) is 4.74 Å². The van der Waals surface area contributed by atoms with E-state index in [-0.39, 0.29) is 6.04 Å². The molecule has 0 saturated carbocycles. The molecule has 0 aromatic carbocycles. The fourth-order valence-electron chi connectivity index (χ4n) is 2.06. The molecule has 1 atom stereocenters. The average Bonchev–Trinajstić information content (AvgIpc) is 2.76. The Balaban J connectivity index is 2.08. The second-order valence-corrected chi connectivity index (χ2v) is 5.89. The van der Waals surface area contributed by atoms with Gasteiger partial charge in [-0.2, -0.15) is 0 Å². The van der Waals surface area contributed by atoms with Crippen LogP contribution in [0.5, 0.6) is 0 Å². The maximum atomic E-state index is 11.9. The lowest BCUT2D eigenvalue weighted by molar-refractivity contribution is 0.0536. The Kier molecular flexibility index (Phi) is 3.91. The van der Waals surface area contributed by atoms with Gasteiger partial charge in [0, 0.05) is 25.8 Å². The van der Waals surface area contributed by atoms with Crippen LogP contribution in [0.3, 0.4) is 0 Å². The van der Waals surface area contributed by atoms with Crippen LogP contribution in [0.25, 0.3) is 0 Å². The number of hydrogen-bond donors (Lipinski definition) is 1. The number of carbonyl (C=O) groups is 1. The molecule has 1 aromatic heterocycles. The van der Waals surface area contributed by atoms with Gasteiger partial charge in [-0.05, 0) is 27.8 Å². The molecule has 0 aliphatic carbocycles. The first-order chi connectivity index (χ1) is 8.87. The van der Waals surface area contributed by atoms with Gasteiger partial charge in [-0.15, -0.1) is 0 Å². The summed E-state index contributed by atoms with van der Waals surface area (Å²) in [4.78, 5) is 18.5. The van der Waals surface area contributed by atoms with Crippen molar-refractivity contribution in [2.45, 2.75) is 32.4 Å². The van der Waals surface area contributed by atoms with Gasteiger partial charge in [-0.1, -0.05) is 0 Å². The highest BCUT2D eigenvalue weighted by atomic mass is 16.6. The highest BCUT2D eigenvalue weighted by Crippen LogP contribution is 2.19. The van der Waals surface area contributed by atoms with E-state index < -0.39 is 11.7 Å². The molecular weight excluding hydrogens is 244 g/mol. The van der Waals surface area contributed by atoms with Crippen molar-refractivity contribution in [3.05, 3.63) is 18.2 Å². The maximum absolute atomic E-state index is 11.9. The summed E-state index contributed by atoms with van der Waals surface area (Å²) >= 11 is 0. The van der Waals surface area contributed by atoms with Crippen molar-refractivity contribution in [1.82, 2.24) is 19.8 Å². The molecule has 2 heterocycles. The zero-order valence-electron chi connectivity index (χ0n) is 12.0. The predicted octanol–water partition coefficient (Wildman–Crippen LogP) is 1.24. The van der Waals surface area contributed by atoms with E-state index in [2.05, 4.69) is 22.2 Å². The molecule has 0 bridgehead atoms. The molecule has 1 unspecified atom stereocenters. The van der Waals surface area contributed by atoms with E-state index in [0.717, 1.165) is 25.3 Å². The number of imidazole rings is 1. The Bertz CT molecular complexity index is 450. The number of nitrogens with one attached hydrogen (secondary N) is 1. The van der Waals surface area contributed by atoms with Crippen molar-refractivity contribution in [3.63, 3.8) is 0 Å². The molecular formula is C13H22N4O2. The third kappa shape index (κ3) is 3.54. The van der Waals surface area contributed by atoms with Crippen LogP contribution in [-0.4, -0.2) is 52.8 Å². The zero-order valence-corrected chi connectivity index (χ0v) is 12.0. The Labute approximate surface area is 113 Å². The maximum Gasteiger partial charge on any atom is 0.419 e. The smallest absolute Gasteiger partial charge is 0.419 e. The monoisotopic (exact) mass is 266 g/mol. The minimum atomic E-state index is -0.495. The highest BCUT2D eigenvalue weighted by Gasteiger charge is 2.24. The molecule has 1 N–H and O–H groups in total. The van der Waals surface area contributed by atoms with Crippen LogP contribution >= 0.6 is 0 Å². The highest BCUT2D eigenvalue weighted by molar-refractivity contribution is 5.70. The lowest BCUT2D eigenvalue weighted by Crippen LogP contribution is -2.43. The zero-order chi connectivity index (χ0) is 14.0. The summed E-state index contributed by atoms with van der Waals surface area (Å²) in [6, 6.07) is 0.206. The van der Waals surface area contributed by atoms with E-state index in [1.807, 2.05) is 20.8 Å². The van der Waals surface area contributed by atoms with Crippen LogP contribution in [0.4, 0.5) is 4.79 Å². The van der Waals surface area contributed by atoms with E-state index in [9.17, 15) is 4.79 Å². The van der Waals surface area contributed by atoms with Gasteiger partial charge in [-0.3, -0.25) is 4.90 Å². The lowest BCUT2D eigenvalue weighted by atomic mass is 10.1. The van der Waals surface area contributed by atoms with Crippen LogP contribution in [0, 0.1) is 0 Å². The summed E-state index contributed by atoms with van der Waals surface area (Å²) in [6.07, 6.45) is 2.88. The SMILES string of the molecule is CN1CCNCC1c1cn(C(=O)OC(C)(C)C)cn1. The first-order valence-electron chi connectivity index (χ1n) is 6.55. The van der Waals surface area contributed by atoms with Gasteiger partial charge >= 0.3 is 6.09 Å². The molecule has 19 heavy (non-hydrogen) atoms. The fourth-order valence-corrected chi connectivity index (χ4v) is 2.06. The molecule has 1 saturated heterocycles. The van der Waals surface area contributed by atoms with Crippen LogP contribution in [-0.2, 0) is 4.74 Å². The van der Waals surface area contributed by atoms with Crippen molar-refractivity contribution < 1.29 is 9.53 Å². The number of ether oxygens (including phenoxy) is 1. The number of rotatable bonds is 1. The Morgan fingerprint density at radius 3 is 2.89 bits per heavy atom. The lowest BCUT2D eigenvalue weighted by Gasteiger charge is -2.31. The standard InChI is InChI=1S/C13H22N4O2/c1-13(2,3)19-12(18)17-8-10(15-9-17)11-7-14-5-6-16(11)4/h8-9,11,14H,5-7H2,1-4H3. The van der Waals surface area contributed by atoms with Gasteiger partial charge < -0.3 is 10.1 Å². The second kappa shape index (κ2) is 5.30. The molecule has 6 nitrogen and oxygen atoms in total. The van der Waals surface area contributed by atoms with Gasteiger partial charge in [0.2, 0.25) is 0 Å². The van der Waals surface area contributed by atoms with Crippen LogP contribution in [0.15, 0.2) is 12.5 Å². The van der Waals surface area contributed by atoms with Crippen LogP contribution in [0.2, 0.25) is 0 Å². The molecule has 0 amide bonds. The molecule has 106 valence electrons. The molecule has 6 heteroatoms. The van der Waals surface area contributed by atoms with Crippen molar-refractivity contribution in [1.29, 1.82) is 0 Å². The van der Waals surface area contributed by atoms with Gasteiger partial charge in [0.05, 0.1) is 11.7 Å². The van der Waals surface area contributed by atoms with E-state index in [1.54, 1.807) is 6.20 Å². The molecule has 1 aliphatic rings. The molecule has 1 aliphatic heterocycles. The fraction of sp³-hybridized carbons (Fsp3) is 0.692. The minimum absolute atomic E-state index is 0.206. The summed E-state index contributed by atoms with van der Waals surface area (Å²) < 4.78 is 6.71. The summed E-state index contributed by atoms with van der Waals surface area (Å²) in [7, 11) is 2.07. The molecule has 1 aromatic rings. The summed E-state index contributed by atoms with van der Waals surface area (Å²) in [5.74, 6) is 0. The quantitative estimate of drug-likeness (QED) is 0.829. The normalized spacial score (nSPS) is 21.4. The largest absolute Gasteiger partial charge is 0.443 e. The predicted molar refractivity (Wildman–Crippen MR) is 72.1 cm³/mol. The van der Waals surface area contributed by atoms with Crippen molar-refractivity contribution >= 4 is 6.09 Å². The Morgan fingerprint density at radius 1 is 1.53 bits per heavy atom. The number of piperazine rings is 1. The Hall–Kier alpha value is -1.40. The number of nitrogens with zero attached hydrogens (tertiary/aromatic N) is 3. The number of likely N-dealkylation sites (N-methyl/N-ethyl adjacent to an activating group) is 1. The minimum Gasteiger partial charge on any atom is -0.443 e. The molecule has 2 rings (SSSR count). The molecule has 0 radical (unpaired) electrons. The summed E-state index contributed by atoms with van der Waals surface area (Å²) in [5, 5.41) is 3.33. The third-order valence-corrected chi connectivity index (χ3v) is 3.06. The first kappa shape index (κ1) is 14.0. The second-order valence-electron chi connectivity index (χ2n) is 5.89. The number of aromatic nitrogens is 2. The number of hydrogen-bond acceptors (Lipinski definition) is 5. The Morgan fingerprint density at radius 2 is 2.26 bits per heavy atom. The van der Waals surface area contributed by atoms with Gasteiger partial charge in [0.15, 0.2) is 0 Å².